The minimum atomic E-state index is -0.379. The number of anilines is 2. The maximum Gasteiger partial charge on any atom is 0.323 e. The van der Waals surface area contributed by atoms with E-state index in [-0.39, 0.29) is 12.6 Å². The molecule has 3 N–H and O–H groups in total. The van der Waals surface area contributed by atoms with Crippen molar-refractivity contribution in [3.63, 3.8) is 0 Å². The number of amides is 2. The van der Waals surface area contributed by atoms with E-state index in [0.29, 0.717) is 22.0 Å². The fraction of sp³-hybridized carbons (Fsp3) is 0.0625. The lowest BCUT2D eigenvalue weighted by Gasteiger charge is -2.09. The second-order valence-electron chi connectivity index (χ2n) is 4.09. The lowest BCUT2D eigenvalue weighted by molar-refractivity contribution is 0.262. The van der Waals surface area contributed by atoms with Gasteiger partial charge in [0.1, 0.15) is 6.61 Å². The van der Waals surface area contributed by atoms with Gasteiger partial charge in [0.25, 0.3) is 0 Å². The van der Waals surface area contributed by atoms with Gasteiger partial charge in [-0.3, -0.25) is 0 Å². The predicted octanol–water partition coefficient (Wildman–Crippen LogP) is 3.33. The van der Waals surface area contributed by atoms with Crippen LogP contribution in [0.4, 0.5) is 16.2 Å². The standard InChI is InChI=1S/C16H13ClN2O2/c17-13-8-9-15(12(11-13)5-4-10-20)19-16(21)18-14-6-2-1-3-7-14/h1-3,6-9,11,20H,10H2,(H2,18,19,21). The van der Waals surface area contributed by atoms with Crippen LogP contribution in [-0.2, 0) is 0 Å². The summed E-state index contributed by atoms with van der Waals surface area (Å²) in [4.78, 5) is 11.9. The van der Waals surface area contributed by atoms with E-state index < -0.39 is 0 Å². The molecular formula is C16H13ClN2O2. The first-order valence-corrected chi connectivity index (χ1v) is 6.59. The van der Waals surface area contributed by atoms with Gasteiger partial charge in [-0.25, -0.2) is 4.79 Å². The van der Waals surface area contributed by atoms with Gasteiger partial charge in [0, 0.05) is 16.3 Å². The summed E-state index contributed by atoms with van der Waals surface area (Å²) in [5, 5.41) is 14.7. The Labute approximate surface area is 127 Å². The summed E-state index contributed by atoms with van der Waals surface area (Å²) < 4.78 is 0. The van der Waals surface area contributed by atoms with Gasteiger partial charge in [-0.15, -0.1) is 0 Å². The van der Waals surface area contributed by atoms with Crippen LogP contribution in [0.3, 0.4) is 0 Å². The first-order chi connectivity index (χ1) is 10.2. The summed E-state index contributed by atoms with van der Waals surface area (Å²) in [6, 6.07) is 13.7. The molecule has 0 heterocycles. The number of para-hydroxylation sites is 1. The number of aliphatic hydroxyl groups is 1. The van der Waals surface area contributed by atoms with Crippen LogP contribution in [0.2, 0.25) is 5.02 Å². The number of rotatable bonds is 2. The molecule has 0 fully saturated rings. The Balaban J connectivity index is 2.13. The van der Waals surface area contributed by atoms with Gasteiger partial charge in [-0.05, 0) is 30.3 Å². The quantitative estimate of drug-likeness (QED) is 0.745. The Morgan fingerprint density at radius 3 is 2.62 bits per heavy atom. The maximum absolute atomic E-state index is 11.9. The molecule has 0 aliphatic heterocycles. The van der Waals surface area contributed by atoms with Crippen molar-refractivity contribution < 1.29 is 9.90 Å². The number of benzene rings is 2. The molecule has 2 aromatic rings. The van der Waals surface area contributed by atoms with Crippen LogP contribution >= 0.6 is 11.6 Å². The number of carbonyl (C=O) groups excluding carboxylic acids is 1. The highest BCUT2D eigenvalue weighted by Gasteiger charge is 2.06. The van der Waals surface area contributed by atoms with Crippen LogP contribution in [0.5, 0.6) is 0 Å². The van der Waals surface area contributed by atoms with Crippen molar-refractivity contribution in [2.24, 2.45) is 0 Å². The van der Waals surface area contributed by atoms with Crippen molar-refractivity contribution in [3.8, 4) is 11.8 Å². The molecule has 0 atom stereocenters. The predicted molar refractivity (Wildman–Crippen MR) is 84.5 cm³/mol. The zero-order valence-corrected chi connectivity index (χ0v) is 11.8. The van der Waals surface area contributed by atoms with Crippen LogP contribution < -0.4 is 10.6 Å². The van der Waals surface area contributed by atoms with Crippen LogP contribution in [0, 0.1) is 11.8 Å². The first-order valence-electron chi connectivity index (χ1n) is 6.21. The van der Waals surface area contributed by atoms with Crippen molar-refractivity contribution in [1.29, 1.82) is 0 Å². The molecule has 2 rings (SSSR count). The van der Waals surface area contributed by atoms with Crippen molar-refractivity contribution in [1.82, 2.24) is 0 Å². The lowest BCUT2D eigenvalue weighted by Crippen LogP contribution is -2.19. The molecule has 0 spiro atoms. The van der Waals surface area contributed by atoms with Crippen molar-refractivity contribution in [2.75, 3.05) is 17.2 Å². The second kappa shape index (κ2) is 7.34. The Morgan fingerprint density at radius 2 is 1.90 bits per heavy atom. The molecule has 5 heteroatoms. The average molecular weight is 301 g/mol. The lowest BCUT2D eigenvalue weighted by atomic mass is 10.2. The number of hydrogen-bond acceptors (Lipinski definition) is 2. The topological polar surface area (TPSA) is 61.4 Å². The van der Waals surface area contributed by atoms with E-state index in [1.807, 2.05) is 18.2 Å². The zero-order chi connectivity index (χ0) is 15.1. The van der Waals surface area contributed by atoms with E-state index in [4.69, 9.17) is 16.7 Å². The summed E-state index contributed by atoms with van der Waals surface area (Å²) in [7, 11) is 0. The minimum absolute atomic E-state index is 0.262. The minimum Gasteiger partial charge on any atom is -0.384 e. The fourth-order valence-electron chi connectivity index (χ4n) is 1.67. The Hall–Kier alpha value is -2.48. The highest BCUT2D eigenvalue weighted by atomic mass is 35.5. The Bertz CT molecular complexity index is 690. The summed E-state index contributed by atoms with van der Waals surface area (Å²) in [6.45, 7) is -0.262. The van der Waals surface area contributed by atoms with Gasteiger partial charge in [-0.1, -0.05) is 41.6 Å². The van der Waals surface area contributed by atoms with Gasteiger partial charge >= 0.3 is 6.03 Å². The van der Waals surface area contributed by atoms with Crippen LogP contribution in [0.1, 0.15) is 5.56 Å². The molecule has 0 saturated heterocycles. The SMILES string of the molecule is O=C(Nc1ccccc1)Nc1ccc(Cl)cc1C#CCO. The molecule has 0 saturated carbocycles. The van der Waals surface area contributed by atoms with Crippen molar-refractivity contribution >= 4 is 29.0 Å². The molecule has 0 aromatic heterocycles. The smallest absolute Gasteiger partial charge is 0.323 e. The summed E-state index contributed by atoms with van der Waals surface area (Å²) in [5.41, 5.74) is 1.75. The number of carbonyl (C=O) groups is 1. The highest BCUT2D eigenvalue weighted by Crippen LogP contribution is 2.20. The van der Waals surface area contributed by atoms with E-state index >= 15 is 0 Å². The van der Waals surface area contributed by atoms with Gasteiger partial charge in [0.05, 0.1) is 5.69 Å². The molecule has 0 aliphatic carbocycles. The Morgan fingerprint density at radius 1 is 1.14 bits per heavy atom. The third kappa shape index (κ3) is 4.53. The molecule has 0 radical (unpaired) electrons. The van der Waals surface area contributed by atoms with Crippen LogP contribution in [-0.4, -0.2) is 17.7 Å². The van der Waals surface area contributed by atoms with Crippen LogP contribution in [0.25, 0.3) is 0 Å². The molecule has 0 aliphatic rings. The normalized spacial score (nSPS) is 9.43. The highest BCUT2D eigenvalue weighted by molar-refractivity contribution is 6.30. The number of urea groups is 1. The van der Waals surface area contributed by atoms with E-state index in [0.717, 1.165) is 0 Å². The van der Waals surface area contributed by atoms with Gasteiger partial charge in [0.15, 0.2) is 0 Å². The molecule has 0 bridgehead atoms. The van der Waals surface area contributed by atoms with Crippen molar-refractivity contribution in [2.45, 2.75) is 0 Å². The van der Waals surface area contributed by atoms with Gasteiger partial charge < -0.3 is 15.7 Å². The number of hydrogen-bond donors (Lipinski definition) is 3. The number of nitrogens with one attached hydrogen (secondary N) is 2. The monoisotopic (exact) mass is 300 g/mol. The van der Waals surface area contributed by atoms with Gasteiger partial charge in [-0.2, -0.15) is 0 Å². The molecule has 4 nitrogen and oxygen atoms in total. The first kappa shape index (κ1) is 14.9. The molecular weight excluding hydrogens is 288 g/mol. The average Bonchev–Trinajstić information content (AvgIpc) is 2.48. The van der Waals surface area contributed by atoms with E-state index in [1.165, 1.54) is 0 Å². The van der Waals surface area contributed by atoms with Crippen molar-refractivity contribution in [3.05, 3.63) is 59.1 Å². The Kier molecular flexibility index (Phi) is 5.22. The number of aliphatic hydroxyl groups excluding tert-OH is 1. The maximum atomic E-state index is 11.9. The molecule has 21 heavy (non-hydrogen) atoms. The van der Waals surface area contributed by atoms with E-state index in [1.54, 1.807) is 30.3 Å². The van der Waals surface area contributed by atoms with E-state index in [9.17, 15) is 4.79 Å². The third-order valence-electron chi connectivity index (χ3n) is 2.56. The number of halogens is 1. The fourth-order valence-corrected chi connectivity index (χ4v) is 1.84. The van der Waals surface area contributed by atoms with Crippen LogP contribution in [0.15, 0.2) is 48.5 Å². The summed E-state index contributed by atoms with van der Waals surface area (Å²) >= 11 is 5.90. The van der Waals surface area contributed by atoms with E-state index in [2.05, 4.69) is 22.5 Å². The molecule has 106 valence electrons. The van der Waals surface area contributed by atoms with Gasteiger partial charge in [0.2, 0.25) is 0 Å². The zero-order valence-electron chi connectivity index (χ0n) is 11.1. The molecule has 2 aromatic carbocycles. The third-order valence-corrected chi connectivity index (χ3v) is 2.80. The second-order valence-corrected chi connectivity index (χ2v) is 4.53. The molecule has 2 amide bonds. The summed E-state index contributed by atoms with van der Waals surface area (Å²) in [5.74, 6) is 5.28. The summed E-state index contributed by atoms with van der Waals surface area (Å²) in [6.07, 6.45) is 0. The molecule has 0 unspecified atom stereocenters. The largest absolute Gasteiger partial charge is 0.384 e.